The third kappa shape index (κ3) is 5.15. The molecule has 0 radical (unpaired) electrons. The van der Waals surface area contributed by atoms with Gasteiger partial charge in [0.05, 0.1) is 4.90 Å². The number of hydrogen-bond acceptors (Lipinski definition) is 4. The number of piperidine rings is 1. The van der Waals surface area contributed by atoms with Crippen LogP contribution in [-0.2, 0) is 16.6 Å². The van der Waals surface area contributed by atoms with Gasteiger partial charge in [0.15, 0.2) is 0 Å². The smallest absolute Gasteiger partial charge is 0.255 e. The number of amides is 1. The van der Waals surface area contributed by atoms with E-state index in [2.05, 4.69) is 14.9 Å². The van der Waals surface area contributed by atoms with Crippen LogP contribution in [0.25, 0.3) is 0 Å². The Morgan fingerprint density at radius 2 is 1.59 bits per heavy atom. The molecule has 1 aliphatic heterocycles. The molecular formula is C20H25N3O3S. The molecule has 1 amide bonds. The highest BCUT2D eigenvalue weighted by molar-refractivity contribution is 7.89. The Balaban J connectivity index is 1.60. The van der Waals surface area contributed by atoms with Crippen molar-refractivity contribution in [3.63, 3.8) is 0 Å². The maximum absolute atomic E-state index is 12.4. The Morgan fingerprint density at radius 3 is 2.19 bits per heavy atom. The molecule has 1 fully saturated rings. The minimum atomic E-state index is -3.48. The van der Waals surface area contributed by atoms with Crippen LogP contribution in [0, 0.1) is 0 Å². The van der Waals surface area contributed by atoms with E-state index in [4.69, 9.17) is 0 Å². The Hall–Kier alpha value is -2.22. The zero-order chi connectivity index (χ0) is 19.3. The maximum atomic E-state index is 12.4. The van der Waals surface area contributed by atoms with Crippen molar-refractivity contribution in [3.8, 4) is 0 Å². The monoisotopic (exact) mass is 387 g/mol. The van der Waals surface area contributed by atoms with Crippen molar-refractivity contribution in [3.05, 3.63) is 59.7 Å². The first-order chi connectivity index (χ1) is 13.0. The van der Waals surface area contributed by atoms with Crippen LogP contribution >= 0.6 is 0 Å². The van der Waals surface area contributed by atoms with E-state index in [-0.39, 0.29) is 10.8 Å². The molecule has 2 aromatic carbocycles. The van der Waals surface area contributed by atoms with Crippen molar-refractivity contribution in [1.29, 1.82) is 0 Å². The van der Waals surface area contributed by atoms with Gasteiger partial charge in [0, 0.05) is 17.8 Å². The van der Waals surface area contributed by atoms with E-state index in [0.29, 0.717) is 11.3 Å². The average Bonchev–Trinajstić information content (AvgIpc) is 2.70. The second kappa shape index (κ2) is 8.65. The van der Waals surface area contributed by atoms with E-state index in [9.17, 15) is 13.2 Å². The van der Waals surface area contributed by atoms with Crippen molar-refractivity contribution < 1.29 is 13.2 Å². The third-order valence-electron chi connectivity index (χ3n) is 4.76. The van der Waals surface area contributed by atoms with Gasteiger partial charge in [-0.05, 0) is 74.9 Å². The van der Waals surface area contributed by atoms with Gasteiger partial charge < -0.3 is 5.32 Å². The Kier molecular flexibility index (Phi) is 6.26. The van der Waals surface area contributed by atoms with Crippen LogP contribution in [-0.4, -0.2) is 39.4 Å². The molecule has 6 nitrogen and oxygen atoms in total. The topological polar surface area (TPSA) is 78.5 Å². The van der Waals surface area contributed by atoms with Gasteiger partial charge in [-0.15, -0.1) is 0 Å². The number of likely N-dealkylation sites (tertiary alicyclic amines) is 1. The number of sulfonamides is 1. The van der Waals surface area contributed by atoms with Crippen molar-refractivity contribution in [2.24, 2.45) is 0 Å². The molecule has 0 aromatic heterocycles. The summed E-state index contributed by atoms with van der Waals surface area (Å²) in [5, 5.41) is 2.79. The summed E-state index contributed by atoms with van der Waals surface area (Å²) in [5.74, 6) is -0.219. The van der Waals surface area contributed by atoms with Crippen molar-refractivity contribution in [2.45, 2.75) is 30.7 Å². The van der Waals surface area contributed by atoms with E-state index in [1.807, 2.05) is 24.3 Å². The second-order valence-corrected chi connectivity index (χ2v) is 8.61. The fourth-order valence-corrected chi connectivity index (χ4v) is 3.91. The van der Waals surface area contributed by atoms with E-state index >= 15 is 0 Å². The SMILES string of the molecule is CNS(=O)(=O)c1ccc(NC(=O)c2ccc(CN3CCCCC3)cc2)cc1. The summed E-state index contributed by atoms with van der Waals surface area (Å²) in [6.07, 6.45) is 3.83. The van der Waals surface area contributed by atoms with Crippen LogP contribution in [0.1, 0.15) is 35.2 Å². The molecule has 2 aromatic rings. The number of benzene rings is 2. The lowest BCUT2D eigenvalue weighted by Crippen LogP contribution is -2.29. The quantitative estimate of drug-likeness (QED) is 0.799. The van der Waals surface area contributed by atoms with Gasteiger partial charge in [-0.2, -0.15) is 0 Å². The Morgan fingerprint density at radius 1 is 0.963 bits per heavy atom. The number of carbonyl (C=O) groups excluding carboxylic acids is 1. The molecule has 1 heterocycles. The molecule has 0 bridgehead atoms. The van der Waals surface area contributed by atoms with Gasteiger partial charge in [-0.25, -0.2) is 13.1 Å². The molecule has 0 unspecified atom stereocenters. The molecule has 7 heteroatoms. The van der Waals surface area contributed by atoms with E-state index < -0.39 is 10.0 Å². The summed E-state index contributed by atoms with van der Waals surface area (Å²) in [7, 11) is -2.12. The predicted molar refractivity (Wildman–Crippen MR) is 106 cm³/mol. The molecular weight excluding hydrogens is 362 g/mol. The minimum absolute atomic E-state index is 0.157. The highest BCUT2D eigenvalue weighted by Gasteiger charge is 2.13. The number of nitrogens with one attached hydrogen (secondary N) is 2. The molecule has 27 heavy (non-hydrogen) atoms. The van der Waals surface area contributed by atoms with Gasteiger partial charge in [-0.3, -0.25) is 9.69 Å². The van der Waals surface area contributed by atoms with Crippen molar-refractivity contribution >= 4 is 21.6 Å². The van der Waals surface area contributed by atoms with E-state index in [0.717, 1.165) is 19.6 Å². The van der Waals surface area contributed by atoms with Crippen LogP contribution in [0.2, 0.25) is 0 Å². The number of nitrogens with zero attached hydrogens (tertiary/aromatic N) is 1. The number of anilines is 1. The van der Waals surface area contributed by atoms with Crippen LogP contribution in [0.5, 0.6) is 0 Å². The number of hydrogen-bond donors (Lipinski definition) is 2. The summed E-state index contributed by atoms with van der Waals surface area (Å²) in [4.78, 5) is 15.0. The normalized spacial score (nSPS) is 15.4. The summed E-state index contributed by atoms with van der Waals surface area (Å²) in [5.41, 5.74) is 2.33. The van der Waals surface area contributed by atoms with E-state index in [1.54, 1.807) is 12.1 Å². The molecule has 0 spiro atoms. The van der Waals surface area contributed by atoms with Crippen LogP contribution in [0.15, 0.2) is 53.4 Å². The second-order valence-electron chi connectivity index (χ2n) is 6.72. The van der Waals surface area contributed by atoms with Crippen LogP contribution < -0.4 is 10.0 Å². The van der Waals surface area contributed by atoms with Gasteiger partial charge in [0.1, 0.15) is 0 Å². The maximum Gasteiger partial charge on any atom is 0.255 e. The zero-order valence-corrected chi connectivity index (χ0v) is 16.3. The Labute approximate surface area is 160 Å². The first-order valence-corrected chi connectivity index (χ1v) is 10.6. The fourth-order valence-electron chi connectivity index (χ4n) is 3.18. The first kappa shape index (κ1) is 19.5. The lowest BCUT2D eigenvalue weighted by molar-refractivity contribution is 0.102. The highest BCUT2D eigenvalue weighted by atomic mass is 32.2. The molecule has 2 N–H and O–H groups in total. The number of carbonyl (C=O) groups is 1. The van der Waals surface area contributed by atoms with Gasteiger partial charge >= 0.3 is 0 Å². The Bertz CT molecular complexity index is 872. The zero-order valence-electron chi connectivity index (χ0n) is 15.4. The van der Waals surface area contributed by atoms with Gasteiger partial charge in [0.25, 0.3) is 5.91 Å². The average molecular weight is 388 g/mol. The molecule has 3 rings (SSSR count). The minimum Gasteiger partial charge on any atom is -0.322 e. The first-order valence-electron chi connectivity index (χ1n) is 9.14. The van der Waals surface area contributed by atoms with Crippen molar-refractivity contribution in [2.75, 3.05) is 25.5 Å². The van der Waals surface area contributed by atoms with Crippen LogP contribution in [0.3, 0.4) is 0 Å². The standard InChI is InChI=1S/C20H25N3O3S/c1-21-27(25,26)19-11-9-18(10-12-19)22-20(24)17-7-5-16(6-8-17)15-23-13-3-2-4-14-23/h5-12,21H,2-4,13-15H2,1H3,(H,22,24). The molecule has 1 aliphatic rings. The van der Waals surface area contributed by atoms with Gasteiger partial charge in [-0.1, -0.05) is 18.6 Å². The highest BCUT2D eigenvalue weighted by Crippen LogP contribution is 2.16. The summed E-state index contributed by atoms with van der Waals surface area (Å²) < 4.78 is 25.7. The summed E-state index contributed by atoms with van der Waals surface area (Å²) in [6, 6.07) is 13.7. The molecule has 0 aliphatic carbocycles. The number of rotatable bonds is 6. The fraction of sp³-hybridized carbons (Fsp3) is 0.350. The third-order valence-corrected chi connectivity index (χ3v) is 6.19. The molecule has 0 saturated carbocycles. The predicted octanol–water partition coefficient (Wildman–Crippen LogP) is 2.83. The summed E-state index contributed by atoms with van der Waals surface area (Å²) in [6.45, 7) is 3.20. The molecule has 0 atom stereocenters. The van der Waals surface area contributed by atoms with E-state index in [1.165, 1.54) is 44.0 Å². The van der Waals surface area contributed by atoms with Gasteiger partial charge in [0.2, 0.25) is 10.0 Å². The molecule has 1 saturated heterocycles. The van der Waals surface area contributed by atoms with Crippen molar-refractivity contribution in [1.82, 2.24) is 9.62 Å². The lowest BCUT2D eigenvalue weighted by Gasteiger charge is -2.26. The lowest BCUT2D eigenvalue weighted by atomic mass is 10.1. The van der Waals surface area contributed by atoms with Crippen LogP contribution in [0.4, 0.5) is 5.69 Å². The largest absolute Gasteiger partial charge is 0.322 e. The molecule has 144 valence electrons. The summed E-state index contributed by atoms with van der Waals surface area (Å²) >= 11 is 0.